The van der Waals surface area contributed by atoms with Crippen LogP contribution >= 0.6 is 0 Å². The zero-order valence-electron chi connectivity index (χ0n) is 15.1. The fraction of sp³-hybridized carbons (Fsp3) is 0.120. The van der Waals surface area contributed by atoms with Crippen LogP contribution in [0.25, 0.3) is 38.3 Å². The standard InChI is InChI=1S/C25H21N/c1-17(2)19-12-14-23-22-9-5-6-10-24(22)26(25(23)16-19)21-13-11-18-7-3-4-8-20(18)15-21/h3-17H,1-2H3. The molecule has 0 fully saturated rings. The first-order chi connectivity index (χ1) is 12.7. The SMILES string of the molecule is CC(C)c1ccc2c3ccccc3n(-c3ccc4ccccc4c3)c2c1. The molecule has 5 rings (SSSR count). The number of fused-ring (bicyclic) bond motifs is 4. The highest BCUT2D eigenvalue weighted by molar-refractivity contribution is 6.09. The molecule has 1 heteroatoms. The van der Waals surface area contributed by atoms with E-state index >= 15 is 0 Å². The molecular weight excluding hydrogens is 314 g/mol. The molecule has 0 saturated carbocycles. The minimum atomic E-state index is 0.516. The first-order valence-electron chi connectivity index (χ1n) is 9.24. The number of benzene rings is 4. The van der Waals surface area contributed by atoms with Crippen LogP contribution in [0.2, 0.25) is 0 Å². The fourth-order valence-electron chi connectivity index (χ4n) is 3.94. The number of para-hydroxylation sites is 1. The third-order valence-electron chi connectivity index (χ3n) is 5.36. The van der Waals surface area contributed by atoms with Crippen molar-refractivity contribution in [3.63, 3.8) is 0 Å². The Bertz CT molecular complexity index is 1260. The van der Waals surface area contributed by atoms with E-state index in [4.69, 9.17) is 0 Å². The fourth-order valence-corrected chi connectivity index (χ4v) is 3.94. The van der Waals surface area contributed by atoms with Gasteiger partial charge in [0.15, 0.2) is 0 Å². The van der Waals surface area contributed by atoms with E-state index in [1.165, 1.54) is 43.8 Å². The molecule has 5 aromatic rings. The average molecular weight is 335 g/mol. The average Bonchev–Trinajstić information content (AvgIpc) is 3.01. The Morgan fingerprint density at radius 2 is 1.35 bits per heavy atom. The minimum Gasteiger partial charge on any atom is -0.309 e. The monoisotopic (exact) mass is 335 g/mol. The molecular formula is C25H21N. The molecule has 0 spiro atoms. The Balaban J connectivity index is 1.90. The molecule has 1 heterocycles. The molecule has 4 aromatic carbocycles. The second kappa shape index (κ2) is 5.74. The van der Waals surface area contributed by atoms with Gasteiger partial charge in [-0.3, -0.25) is 0 Å². The van der Waals surface area contributed by atoms with Crippen LogP contribution in [-0.4, -0.2) is 4.57 Å². The predicted molar refractivity (Wildman–Crippen MR) is 112 cm³/mol. The number of nitrogens with zero attached hydrogens (tertiary/aromatic N) is 1. The lowest BCUT2D eigenvalue weighted by Crippen LogP contribution is -1.95. The van der Waals surface area contributed by atoms with Crippen LogP contribution < -0.4 is 0 Å². The Hall–Kier alpha value is -3.06. The van der Waals surface area contributed by atoms with Gasteiger partial charge < -0.3 is 4.57 Å². The van der Waals surface area contributed by atoms with Crippen LogP contribution in [0.1, 0.15) is 25.3 Å². The van der Waals surface area contributed by atoms with E-state index in [2.05, 4.69) is 103 Å². The van der Waals surface area contributed by atoms with Crippen LogP contribution in [0.5, 0.6) is 0 Å². The van der Waals surface area contributed by atoms with Crippen molar-refractivity contribution in [3.05, 3.63) is 90.5 Å². The van der Waals surface area contributed by atoms with E-state index in [9.17, 15) is 0 Å². The Labute approximate surface area is 153 Å². The van der Waals surface area contributed by atoms with Crippen molar-refractivity contribution < 1.29 is 0 Å². The van der Waals surface area contributed by atoms with Gasteiger partial charge in [-0.05, 0) is 46.5 Å². The highest BCUT2D eigenvalue weighted by atomic mass is 15.0. The lowest BCUT2D eigenvalue weighted by molar-refractivity contribution is 0.868. The van der Waals surface area contributed by atoms with Crippen LogP contribution in [-0.2, 0) is 0 Å². The maximum Gasteiger partial charge on any atom is 0.0543 e. The normalized spacial score (nSPS) is 11.8. The molecule has 0 amide bonds. The molecule has 126 valence electrons. The summed E-state index contributed by atoms with van der Waals surface area (Å²) in [5.74, 6) is 0.516. The van der Waals surface area contributed by atoms with Gasteiger partial charge in [-0.15, -0.1) is 0 Å². The summed E-state index contributed by atoms with van der Waals surface area (Å²) in [5.41, 5.74) is 5.14. The molecule has 0 aliphatic heterocycles. The van der Waals surface area contributed by atoms with Gasteiger partial charge in [0.05, 0.1) is 11.0 Å². The molecule has 0 N–H and O–H groups in total. The molecule has 0 bridgehead atoms. The summed E-state index contributed by atoms with van der Waals surface area (Å²) >= 11 is 0. The second-order valence-electron chi connectivity index (χ2n) is 7.32. The molecule has 0 saturated heterocycles. The maximum atomic E-state index is 2.41. The highest BCUT2D eigenvalue weighted by Gasteiger charge is 2.13. The van der Waals surface area contributed by atoms with Crippen LogP contribution in [0, 0.1) is 0 Å². The number of rotatable bonds is 2. The van der Waals surface area contributed by atoms with Crippen molar-refractivity contribution in [1.82, 2.24) is 4.57 Å². The lowest BCUT2D eigenvalue weighted by atomic mass is 10.0. The number of aromatic nitrogens is 1. The van der Waals surface area contributed by atoms with Gasteiger partial charge in [-0.1, -0.05) is 74.5 Å². The summed E-state index contributed by atoms with van der Waals surface area (Å²) in [6.07, 6.45) is 0. The van der Waals surface area contributed by atoms with Gasteiger partial charge in [-0.25, -0.2) is 0 Å². The Kier molecular flexibility index (Phi) is 3.36. The van der Waals surface area contributed by atoms with Gasteiger partial charge >= 0.3 is 0 Å². The molecule has 0 atom stereocenters. The van der Waals surface area contributed by atoms with E-state index in [-0.39, 0.29) is 0 Å². The highest BCUT2D eigenvalue weighted by Crippen LogP contribution is 2.34. The Morgan fingerprint density at radius 1 is 0.615 bits per heavy atom. The smallest absolute Gasteiger partial charge is 0.0543 e. The zero-order valence-corrected chi connectivity index (χ0v) is 15.1. The minimum absolute atomic E-state index is 0.516. The zero-order chi connectivity index (χ0) is 17.7. The van der Waals surface area contributed by atoms with Crippen molar-refractivity contribution in [3.8, 4) is 5.69 Å². The van der Waals surface area contributed by atoms with Crippen molar-refractivity contribution in [1.29, 1.82) is 0 Å². The van der Waals surface area contributed by atoms with Crippen LogP contribution in [0.4, 0.5) is 0 Å². The van der Waals surface area contributed by atoms with Crippen molar-refractivity contribution in [2.45, 2.75) is 19.8 Å². The largest absolute Gasteiger partial charge is 0.309 e. The molecule has 1 nitrogen and oxygen atoms in total. The second-order valence-corrected chi connectivity index (χ2v) is 7.32. The van der Waals surface area contributed by atoms with Gasteiger partial charge in [0, 0.05) is 16.5 Å². The van der Waals surface area contributed by atoms with Crippen molar-refractivity contribution in [2.24, 2.45) is 0 Å². The molecule has 26 heavy (non-hydrogen) atoms. The molecule has 1 aromatic heterocycles. The van der Waals surface area contributed by atoms with Crippen molar-refractivity contribution >= 4 is 32.6 Å². The summed E-state index contributed by atoms with van der Waals surface area (Å²) in [4.78, 5) is 0. The Morgan fingerprint density at radius 3 is 2.19 bits per heavy atom. The topological polar surface area (TPSA) is 4.93 Å². The van der Waals surface area contributed by atoms with Gasteiger partial charge in [0.2, 0.25) is 0 Å². The molecule has 0 unspecified atom stereocenters. The third kappa shape index (κ3) is 2.24. The quantitative estimate of drug-likeness (QED) is 0.325. The van der Waals surface area contributed by atoms with Gasteiger partial charge in [0.1, 0.15) is 0 Å². The summed E-state index contributed by atoms with van der Waals surface area (Å²) in [6.45, 7) is 4.51. The van der Waals surface area contributed by atoms with E-state index in [0.29, 0.717) is 5.92 Å². The lowest BCUT2D eigenvalue weighted by Gasteiger charge is -2.11. The van der Waals surface area contributed by atoms with Crippen LogP contribution in [0.3, 0.4) is 0 Å². The first kappa shape index (κ1) is 15.2. The molecule has 0 radical (unpaired) electrons. The summed E-state index contributed by atoms with van der Waals surface area (Å²) in [6, 6.07) is 30.9. The van der Waals surface area contributed by atoms with Crippen molar-refractivity contribution in [2.75, 3.05) is 0 Å². The number of hydrogen-bond donors (Lipinski definition) is 0. The van der Waals surface area contributed by atoms with E-state index in [1.807, 2.05) is 0 Å². The predicted octanol–water partition coefficient (Wildman–Crippen LogP) is 7.06. The summed E-state index contributed by atoms with van der Waals surface area (Å²) < 4.78 is 2.41. The van der Waals surface area contributed by atoms with E-state index in [1.54, 1.807) is 0 Å². The first-order valence-corrected chi connectivity index (χ1v) is 9.24. The molecule has 0 aliphatic carbocycles. The van der Waals surface area contributed by atoms with E-state index in [0.717, 1.165) is 0 Å². The van der Waals surface area contributed by atoms with E-state index < -0.39 is 0 Å². The van der Waals surface area contributed by atoms with Gasteiger partial charge in [-0.2, -0.15) is 0 Å². The van der Waals surface area contributed by atoms with Gasteiger partial charge in [0.25, 0.3) is 0 Å². The third-order valence-corrected chi connectivity index (χ3v) is 5.36. The maximum absolute atomic E-state index is 2.41. The molecule has 0 aliphatic rings. The summed E-state index contributed by atoms with van der Waals surface area (Å²) in [7, 11) is 0. The number of hydrogen-bond acceptors (Lipinski definition) is 0. The van der Waals surface area contributed by atoms with Crippen LogP contribution in [0.15, 0.2) is 84.9 Å². The summed E-state index contributed by atoms with van der Waals surface area (Å²) in [5, 5.41) is 5.18.